The number of alkyl halides is 2. The molecule has 0 aliphatic rings. The second kappa shape index (κ2) is 7.37. The van der Waals surface area contributed by atoms with Crippen LogP contribution in [0.3, 0.4) is 0 Å². The maximum absolute atomic E-state index is 13.7. The molecule has 0 aliphatic carbocycles. The fourth-order valence-corrected chi connectivity index (χ4v) is 2.15. The minimum atomic E-state index is -2.93. The van der Waals surface area contributed by atoms with Crippen LogP contribution < -0.4 is 10.1 Å². The second-order valence-corrected chi connectivity index (χ2v) is 5.21. The molecule has 0 aromatic heterocycles. The van der Waals surface area contributed by atoms with Crippen molar-refractivity contribution in [1.82, 2.24) is 5.32 Å². The Morgan fingerprint density at radius 1 is 1.22 bits per heavy atom. The van der Waals surface area contributed by atoms with Gasteiger partial charge in [0.1, 0.15) is 11.6 Å². The molecule has 1 N–H and O–H groups in total. The summed E-state index contributed by atoms with van der Waals surface area (Å²) in [6.07, 6.45) is 0. The highest BCUT2D eigenvalue weighted by molar-refractivity contribution is 6.30. The Morgan fingerprint density at radius 2 is 1.96 bits per heavy atom. The van der Waals surface area contributed by atoms with E-state index >= 15 is 0 Å². The van der Waals surface area contributed by atoms with E-state index in [-0.39, 0.29) is 16.3 Å². The zero-order chi connectivity index (χ0) is 17.0. The van der Waals surface area contributed by atoms with Crippen LogP contribution in [0.5, 0.6) is 5.75 Å². The van der Waals surface area contributed by atoms with Crippen LogP contribution in [0.25, 0.3) is 0 Å². The third kappa shape index (κ3) is 4.63. The smallest absolute Gasteiger partial charge is 0.387 e. The lowest BCUT2D eigenvalue weighted by Gasteiger charge is -2.16. The van der Waals surface area contributed by atoms with Gasteiger partial charge in [0.25, 0.3) is 5.91 Å². The third-order valence-corrected chi connectivity index (χ3v) is 3.34. The Morgan fingerprint density at radius 3 is 2.61 bits per heavy atom. The third-order valence-electron chi connectivity index (χ3n) is 3.11. The van der Waals surface area contributed by atoms with E-state index < -0.39 is 24.4 Å². The van der Waals surface area contributed by atoms with E-state index in [4.69, 9.17) is 11.6 Å². The van der Waals surface area contributed by atoms with Gasteiger partial charge in [-0.25, -0.2) is 4.39 Å². The average molecular weight is 344 g/mol. The summed E-state index contributed by atoms with van der Waals surface area (Å²) in [4.78, 5) is 12.1. The van der Waals surface area contributed by atoms with Gasteiger partial charge in [-0.1, -0.05) is 23.7 Å². The molecular weight excluding hydrogens is 331 g/mol. The Labute approximate surface area is 136 Å². The Bertz CT molecular complexity index is 709. The number of ether oxygens (including phenoxy) is 1. The number of carbonyl (C=O) groups is 1. The first kappa shape index (κ1) is 17.1. The Balaban J connectivity index is 2.12. The molecule has 1 atom stereocenters. The van der Waals surface area contributed by atoms with Gasteiger partial charge in [-0.2, -0.15) is 8.78 Å². The molecule has 0 bridgehead atoms. The molecular formula is C16H13ClF3NO2. The van der Waals surface area contributed by atoms with Crippen LogP contribution in [0, 0.1) is 5.82 Å². The van der Waals surface area contributed by atoms with Crippen molar-refractivity contribution in [2.75, 3.05) is 0 Å². The summed E-state index contributed by atoms with van der Waals surface area (Å²) in [6.45, 7) is -1.29. The monoisotopic (exact) mass is 343 g/mol. The van der Waals surface area contributed by atoms with E-state index in [0.717, 1.165) is 6.07 Å². The van der Waals surface area contributed by atoms with Crippen molar-refractivity contribution in [2.45, 2.75) is 19.6 Å². The van der Waals surface area contributed by atoms with Crippen molar-refractivity contribution >= 4 is 17.5 Å². The Hall–Kier alpha value is -2.21. The lowest BCUT2D eigenvalue weighted by atomic mass is 10.1. The zero-order valence-electron chi connectivity index (χ0n) is 12.0. The molecule has 0 radical (unpaired) electrons. The van der Waals surface area contributed by atoms with Gasteiger partial charge in [0, 0.05) is 5.02 Å². The molecule has 1 amide bonds. The molecule has 0 heterocycles. The molecule has 0 saturated carbocycles. The van der Waals surface area contributed by atoms with Crippen molar-refractivity contribution in [2.24, 2.45) is 0 Å². The summed E-state index contributed by atoms with van der Waals surface area (Å²) in [5.41, 5.74) is 0.395. The summed E-state index contributed by atoms with van der Waals surface area (Å²) in [7, 11) is 0. The summed E-state index contributed by atoms with van der Waals surface area (Å²) in [6, 6.07) is 9.12. The highest BCUT2D eigenvalue weighted by Gasteiger charge is 2.16. The number of rotatable bonds is 5. The van der Waals surface area contributed by atoms with Gasteiger partial charge in [0.05, 0.1) is 11.6 Å². The van der Waals surface area contributed by atoms with Crippen LogP contribution in [-0.2, 0) is 0 Å². The number of nitrogens with one attached hydrogen (secondary N) is 1. The number of hydrogen-bond donors (Lipinski definition) is 1. The van der Waals surface area contributed by atoms with Gasteiger partial charge in [-0.15, -0.1) is 0 Å². The lowest BCUT2D eigenvalue weighted by Crippen LogP contribution is -2.27. The van der Waals surface area contributed by atoms with Crippen LogP contribution in [0.15, 0.2) is 42.5 Å². The largest absolute Gasteiger partial charge is 0.435 e. The zero-order valence-corrected chi connectivity index (χ0v) is 12.8. The van der Waals surface area contributed by atoms with Crippen LogP contribution in [0.2, 0.25) is 5.02 Å². The van der Waals surface area contributed by atoms with Crippen molar-refractivity contribution in [1.29, 1.82) is 0 Å². The number of amides is 1. The van der Waals surface area contributed by atoms with Crippen molar-refractivity contribution in [3.8, 4) is 5.75 Å². The first-order valence-corrected chi connectivity index (χ1v) is 7.05. The second-order valence-electron chi connectivity index (χ2n) is 4.77. The van der Waals surface area contributed by atoms with Gasteiger partial charge in [-0.3, -0.25) is 4.79 Å². The SMILES string of the molecule is C[C@@H](NC(=O)c1ccc(Cl)cc1F)c1cccc(OC(F)F)c1. The molecule has 0 spiro atoms. The van der Waals surface area contributed by atoms with E-state index in [2.05, 4.69) is 10.1 Å². The summed E-state index contributed by atoms with van der Waals surface area (Å²) >= 11 is 5.64. The first-order valence-electron chi connectivity index (χ1n) is 6.67. The van der Waals surface area contributed by atoms with E-state index in [1.807, 2.05) is 0 Å². The molecule has 122 valence electrons. The molecule has 3 nitrogen and oxygen atoms in total. The van der Waals surface area contributed by atoms with Gasteiger partial charge in [0.15, 0.2) is 0 Å². The van der Waals surface area contributed by atoms with Crippen molar-refractivity contribution in [3.63, 3.8) is 0 Å². The maximum Gasteiger partial charge on any atom is 0.387 e. The number of hydrogen-bond acceptors (Lipinski definition) is 2. The fourth-order valence-electron chi connectivity index (χ4n) is 1.99. The van der Waals surface area contributed by atoms with Crippen molar-refractivity contribution in [3.05, 3.63) is 64.4 Å². The molecule has 0 fully saturated rings. The Kier molecular flexibility index (Phi) is 5.50. The standard InChI is InChI=1S/C16H13ClF3NO2/c1-9(10-3-2-4-12(7-10)23-16(19)20)21-15(22)13-6-5-11(17)8-14(13)18/h2-9,16H,1H3,(H,21,22)/t9-/m1/s1. The minimum absolute atomic E-state index is 0.0173. The van der Waals surface area contributed by atoms with E-state index in [0.29, 0.717) is 5.56 Å². The highest BCUT2D eigenvalue weighted by atomic mass is 35.5. The molecule has 7 heteroatoms. The van der Waals surface area contributed by atoms with Crippen LogP contribution in [-0.4, -0.2) is 12.5 Å². The average Bonchev–Trinajstić information content (AvgIpc) is 2.46. The fraction of sp³-hybridized carbons (Fsp3) is 0.188. The topological polar surface area (TPSA) is 38.3 Å². The quantitative estimate of drug-likeness (QED) is 0.863. The summed E-state index contributed by atoms with van der Waals surface area (Å²) in [5.74, 6) is -1.39. The molecule has 0 aliphatic heterocycles. The lowest BCUT2D eigenvalue weighted by molar-refractivity contribution is -0.0499. The maximum atomic E-state index is 13.7. The molecule has 0 saturated heterocycles. The van der Waals surface area contributed by atoms with E-state index in [1.165, 1.54) is 30.3 Å². The van der Waals surface area contributed by atoms with E-state index in [1.54, 1.807) is 13.0 Å². The van der Waals surface area contributed by atoms with E-state index in [9.17, 15) is 18.0 Å². The number of halogens is 4. The molecule has 2 aromatic rings. The molecule has 2 aromatic carbocycles. The summed E-state index contributed by atoms with van der Waals surface area (Å²) in [5, 5.41) is 2.77. The summed E-state index contributed by atoms with van der Waals surface area (Å²) < 4.78 is 42.5. The predicted octanol–water partition coefficient (Wildman–Crippen LogP) is 4.57. The van der Waals surface area contributed by atoms with Gasteiger partial charge in [-0.05, 0) is 42.8 Å². The number of carbonyl (C=O) groups excluding carboxylic acids is 1. The van der Waals surface area contributed by atoms with Gasteiger partial charge < -0.3 is 10.1 Å². The molecule has 0 unspecified atom stereocenters. The molecule has 23 heavy (non-hydrogen) atoms. The number of benzene rings is 2. The molecule has 2 rings (SSSR count). The van der Waals surface area contributed by atoms with Crippen LogP contribution >= 0.6 is 11.6 Å². The van der Waals surface area contributed by atoms with Crippen molar-refractivity contribution < 1.29 is 22.7 Å². The predicted molar refractivity (Wildman–Crippen MR) is 80.4 cm³/mol. The first-order chi connectivity index (χ1) is 10.9. The highest BCUT2D eigenvalue weighted by Crippen LogP contribution is 2.21. The van der Waals surface area contributed by atoms with Gasteiger partial charge >= 0.3 is 6.61 Å². The minimum Gasteiger partial charge on any atom is -0.435 e. The van der Waals surface area contributed by atoms with Gasteiger partial charge in [0.2, 0.25) is 0 Å². The van der Waals surface area contributed by atoms with Crippen LogP contribution in [0.1, 0.15) is 28.9 Å². The van der Waals surface area contributed by atoms with Crippen LogP contribution in [0.4, 0.5) is 13.2 Å². The normalized spacial score (nSPS) is 12.1.